The highest BCUT2D eigenvalue weighted by molar-refractivity contribution is 8.12. The second-order valence-electron chi connectivity index (χ2n) is 4.29. The van der Waals surface area contributed by atoms with Crippen molar-refractivity contribution in [1.29, 1.82) is 0 Å². The van der Waals surface area contributed by atoms with Gasteiger partial charge in [0.25, 0.3) is 0 Å². The first-order valence-electron chi connectivity index (χ1n) is 5.64. The van der Waals surface area contributed by atoms with E-state index in [9.17, 15) is 13.2 Å². The summed E-state index contributed by atoms with van der Waals surface area (Å²) in [6.07, 6.45) is 0.180. The van der Waals surface area contributed by atoms with Gasteiger partial charge in [0.1, 0.15) is 5.69 Å². The van der Waals surface area contributed by atoms with E-state index in [-0.39, 0.29) is 0 Å². The highest BCUT2D eigenvalue weighted by Gasteiger charge is 2.35. The van der Waals surface area contributed by atoms with Gasteiger partial charge in [0.2, 0.25) is 0 Å². The molecule has 0 bridgehead atoms. The summed E-state index contributed by atoms with van der Waals surface area (Å²) in [4.78, 5) is 1.73. The normalized spacial score (nSPS) is 16.1. The topological polar surface area (TPSA) is 17.8 Å². The van der Waals surface area contributed by atoms with E-state index < -0.39 is 11.9 Å². The van der Waals surface area contributed by atoms with Crippen LogP contribution in [0.4, 0.5) is 13.2 Å². The molecule has 0 fully saturated rings. The van der Waals surface area contributed by atoms with Gasteiger partial charge in [-0.05, 0) is 25.0 Å². The van der Waals surface area contributed by atoms with Crippen molar-refractivity contribution in [1.82, 2.24) is 9.78 Å². The monoisotopic (exact) mass is 286 g/mol. The number of thioether (sulfide) groups is 1. The molecule has 0 aromatic carbocycles. The van der Waals surface area contributed by atoms with E-state index in [2.05, 4.69) is 11.7 Å². The molecule has 0 saturated heterocycles. The van der Waals surface area contributed by atoms with Crippen molar-refractivity contribution in [3.8, 4) is 0 Å². The Morgan fingerprint density at radius 2 is 2.11 bits per heavy atom. The fourth-order valence-corrected chi connectivity index (χ4v) is 2.72. The van der Waals surface area contributed by atoms with Gasteiger partial charge >= 0.3 is 6.18 Å². The average Bonchev–Trinajstić information content (AvgIpc) is 2.71. The van der Waals surface area contributed by atoms with Crippen LogP contribution in [0.25, 0.3) is 4.91 Å². The molecule has 0 spiro atoms. The molecule has 2 nitrogen and oxygen atoms in total. The number of alkyl halides is 3. The lowest BCUT2D eigenvalue weighted by Crippen LogP contribution is -2.11. The minimum absolute atomic E-state index is 0.353. The molecular weight excluding hydrogens is 273 g/mol. The van der Waals surface area contributed by atoms with Crippen LogP contribution in [0.1, 0.15) is 24.7 Å². The maximum Gasteiger partial charge on any atom is 0.433 e. The van der Waals surface area contributed by atoms with Gasteiger partial charge in [-0.1, -0.05) is 30.5 Å². The van der Waals surface area contributed by atoms with E-state index in [1.54, 1.807) is 0 Å². The standard InChI is InChI=1S/C13H13F3N2S/c1-8(2)10-5-4-6-11(19-10)9-7-12(13(14,15)16)18(3)17-9/h5-7H,1,4H2,2-3H3. The molecule has 1 aromatic rings. The van der Waals surface area contributed by atoms with Gasteiger partial charge < -0.3 is 0 Å². The lowest BCUT2D eigenvalue weighted by molar-refractivity contribution is -0.143. The van der Waals surface area contributed by atoms with E-state index in [0.717, 1.165) is 26.1 Å². The van der Waals surface area contributed by atoms with Gasteiger partial charge in [0.05, 0.1) is 5.69 Å². The van der Waals surface area contributed by atoms with Crippen LogP contribution in [0.15, 0.2) is 35.3 Å². The molecule has 1 aliphatic rings. The van der Waals surface area contributed by atoms with Crippen LogP contribution in [0.5, 0.6) is 0 Å². The summed E-state index contributed by atoms with van der Waals surface area (Å²) in [5.74, 6) is 0. The maximum absolute atomic E-state index is 12.7. The van der Waals surface area contributed by atoms with Crippen molar-refractivity contribution in [2.45, 2.75) is 19.5 Å². The second-order valence-corrected chi connectivity index (χ2v) is 5.37. The van der Waals surface area contributed by atoms with Crippen LogP contribution >= 0.6 is 11.8 Å². The van der Waals surface area contributed by atoms with Crippen molar-refractivity contribution < 1.29 is 13.2 Å². The summed E-state index contributed by atoms with van der Waals surface area (Å²) in [6, 6.07) is 1.08. The van der Waals surface area contributed by atoms with Gasteiger partial charge in [0.15, 0.2) is 0 Å². The van der Waals surface area contributed by atoms with Crippen molar-refractivity contribution in [3.63, 3.8) is 0 Å². The molecule has 0 atom stereocenters. The Morgan fingerprint density at radius 3 is 2.63 bits per heavy atom. The van der Waals surface area contributed by atoms with Crippen LogP contribution in [-0.4, -0.2) is 9.78 Å². The van der Waals surface area contributed by atoms with Gasteiger partial charge in [-0.25, -0.2) is 0 Å². The maximum atomic E-state index is 12.7. The molecule has 1 aromatic heterocycles. The zero-order chi connectivity index (χ0) is 14.2. The summed E-state index contributed by atoms with van der Waals surface area (Å²) in [6.45, 7) is 5.72. The van der Waals surface area contributed by atoms with E-state index in [0.29, 0.717) is 12.1 Å². The summed E-state index contributed by atoms with van der Waals surface area (Å²) in [5.41, 5.74) is 0.518. The molecular formula is C13H13F3N2S. The quantitative estimate of drug-likeness (QED) is 0.803. The number of aryl methyl sites for hydroxylation is 1. The molecule has 19 heavy (non-hydrogen) atoms. The molecule has 0 aliphatic carbocycles. The fourth-order valence-electron chi connectivity index (χ4n) is 1.75. The lowest BCUT2D eigenvalue weighted by atomic mass is 10.2. The number of rotatable bonds is 2. The smallest absolute Gasteiger partial charge is 0.263 e. The number of allylic oxidation sites excluding steroid dienone is 3. The zero-order valence-electron chi connectivity index (χ0n) is 10.6. The molecule has 0 N–H and O–H groups in total. The third-order valence-electron chi connectivity index (χ3n) is 2.67. The van der Waals surface area contributed by atoms with E-state index in [4.69, 9.17) is 0 Å². The van der Waals surface area contributed by atoms with E-state index in [1.165, 1.54) is 18.8 Å². The summed E-state index contributed by atoms with van der Waals surface area (Å²) in [7, 11) is 1.30. The van der Waals surface area contributed by atoms with Crippen LogP contribution in [0, 0.1) is 0 Å². The Hall–Kier alpha value is -1.43. The first-order valence-corrected chi connectivity index (χ1v) is 6.46. The van der Waals surface area contributed by atoms with Crippen LogP contribution in [0.3, 0.4) is 0 Å². The lowest BCUT2D eigenvalue weighted by Gasteiger charge is -2.12. The molecule has 6 heteroatoms. The Balaban J connectivity index is 2.30. The van der Waals surface area contributed by atoms with Gasteiger partial charge in [0, 0.05) is 16.9 Å². The molecule has 1 aliphatic heterocycles. The highest BCUT2D eigenvalue weighted by atomic mass is 32.2. The van der Waals surface area contributed by atoms with Gasteiger partial charge in [-0.3, -0.25) is 4.68 Å². The fraction of sp³-hybridized carbons (Fsp3) is 0.308. The number of halogens is 3. The van der Waals surface area contributed by atoms with Crippen LogP contribution < -0.4 is 0 Å². The minimum atomic E-state index is -4.38. The van der Waals surface area contributed by atoms with Crippen molar-refractivity contribution >= 4 is 16.7 Å². The summed E-state index contributed by atoms with van der Waals surface area (Å²) in [5, 5.41) is 3.95. The van der Waals surface area contributed by atoms with Crippen LogP contribution in [-0.2, 0) is 13.2 Å². The summed E-state index contributed by atoms with van der Waals surface area (Å²) >= 11 is 1.40. The van der Waals surface area contributed by atoms with E-state index >= 15 is 0 Å². The summed E-state index contributed by atoms with van der Waals surface area (Å²) < 4.78 is 39.0. The molecule has 0 radical (unpaired) electrons. The minimum Gasteiger partial charge on any atom is -0.263 e. The number of hydrogen-bond acceptors (Lipinski definition) is 2. The van der Waals surface area contributed by atoms with Crippen molar-refractivity contribution in [2.75, 3.05) is 0 Å². The molecule has 102 valence electrons. The first-order chi connectivity index (χ1) is 8.79. The number of aromatic nitrogens is 2. The average molecular weight is 286 g/mol. The predicted molar refractivity (Wildman–Crippen MR) is 71.3 cm³/mol. The Morgan fingerprint density at radius 1 is 1.42 bits per heavy atom. The largest absolute Gasteiger partial charge is 0.433 e. The zero-order valence-corrected chi connectivity index (χ0v) is 11.4. The first kappa shape index (κ1) is 14.0. The van der Waals surface area contributed by atoms with Gasteiger partial charge in [-0.15, -0.1) is 0 Å². The van der Waals surface area contributed by atoms with Gasteiger partial charge in [-0.2, -0.15) is 18.3 Å². The molecule has 0 saturated carbocycles. The third kappa shape index (κ3) is 2.94. The predicted octanol–water partition coefficient (Wildman–Crippen LogP) is 4.38. The molecule has 2 rings (SSSR count). The molecule has 0 amide bonds. The highest BCUT2D eigenvalue weighted by Crippen LogP contribution is 2.41. The number of nitrogens with zero attached hydrogens (tertiary/aromatic N) is 2. The SMILES string of the molecule is C=C(C)C1=CCC=C(c2cc(C(F)(F)F)n(C)n2)S1. The van der Waals surface area contributed by atoms with Crippen molar-refractivity contribution in [2.24, 2.45) is 7.05 Å². The Labute approximate surface area is 113 Å². The number of hydrogen-bond donors (Lipinski definition) is 0. The van der Waals surface area contributed by atoms with Crippen LogP contribution in [0.2, 0.25) is 0 Å². The Kier molecular flexibility index (Phi) is 3.62. The molecule has 0 unspecified atom stereocenters. The van der Waals surface area contributed by atoms with Crippen molar-refractivity contribution in [3.05, 3.63) is 46.7 Å². The third-order valence-corrected chi connectivity index (χ3v) is 4.00. The Bertz CT molecular complexity index is 579. The van der Waals surface area contributed by atoms with E-state index in [1.807, 2.05) is 19.1 Å². The second kappa shape index (κ2) is 4.92. The molecule has 2 heterocycles.